The van der Waals surface area contributed by atoms with Crippen LogP contribution < -0.4 is 11.3 Å². The van der Waals surface area contributed by atoms with Crippen LogP contribution in [-0.2, 0) is 11.2 Å². The lowest BCUT2D eigenvalue weighted by atomic mass is 9.99. The number of hydrogen-bond donors (Lipinski definition) is 2. The third-order valence-electron chi connectivity index (χ3n) is 3.37. The minimum absolute atomic E-state index is 0.118. The van der Waals surface area contributed by atoms with Gasteiger partial charge in [0.05, 0.1) is 12.1 Å². The van der Waals surface area contributed by atoms with Crippen LogP contribution in [0.1, 0.15) is 18.4 Å². The standard InChI is InChI=1S/C13H19ClN2O/c1-17-13(9-6-7-9)12(16-15)8-10-4-2-3-5-11(10)14/h2-5,9,12-13,16H,6-8,15H2,1H3. The minimum Gasteiger partial charge on any atom is -0.379 e. The quantitative estimate of drug-likeness (QED) is 0.604. The van der Waals surface area contributed by atoms with Gasteiger partial charge in [0, 0.05) is 12.1 Å². The molecule has 0 bridgehead atoms. The molecule has 1 aliphatic carbocycles. The van der Waals surface area contributed by atoms with Crippen LogP contribution in [0.15, 0.2) is 24.3 Å². The smallest absolute Gasteiger partial charge is 0.0769 e. The molecule has 1 aromatic carbocycles. The van der Waals surface area contributed by atoms with E-state index >= 15 is 0 Å². The molecule has 94 valence electrons. The van der Waals surface area contributed by atoms with E-state index in [2.05, 4.69) is 5.43 Å². The van der Waals surface area contributed by atoms with Gasteiger partial charge in [-0.3, -0.25) is 11.3 Å². The van der Waals surface area contributed by atoms with Gasteiger partial charge in [-0.05, 0) is 36.8 Å². The highest BCUT2D eigenvalue weighted by molar-refractivity contribution is 6.31. The molecule has 0 spiro atoms. The maximum Gasteiger partial charge on any atom is 0.0769 e. The molecule has 1 fully saturated rings. The van der Waals surface area contributed by atoms with Crippen LogP contribution in [-0.4, -0.2) is 19.3 Å². The Morgan fingerprint density at radius 2 is 2.18 bits per heavy atom. The lowest BCUT2D eigenvalue weighted by Crippen LogP contribution is -2.47. The summed E-state index contributed by atoms with van der Waals surface area (Å²) >= 11 is 6.16. The Balaban J connectivity index is 2.06. The number of hydrazine groups is 1. The molecule has 3 N–H and O–H groups in total. The van der Waals surface area contributed by atoms with E-state index in [0.717, 1.165) is 17.0 Å². The fourth-order valence-corrected chi connectivity index (χ4v) is 2.49. The van der Waals surface area contributed by atoms with Crippen LogP contribution in [0.3, 0.4) is 0 Å². The largest absolute Gasteiger partial charge is 0.379 e. The monoisotopic (exact) mass is 254 g/mol. The zero-order chi connectivity index (χ0) is 12.3. The summed E-state index contributed by atoms with van der Waals surface area (Å²) in [6.45, 7) is 0. The summed E-state index contributed by atoms with van der Waals surface area (Å²) in [6, 6.07) is 7.99. The molecule has 1 aliphatic rings. The van der Waals surface area contributed by atoms with Gasteiger partial charge in [0.25, 0.3) is 0 Å². The molecular formula is C13H19ClN2O. The van der Waals surface area contributed by atoms with Crippen molar-refractivity contribution in [3.63, 3.8) is 0 Å². The van der Waals surface area contributed by atoms with E-state index in [4.69, 9.17) is 22.2 Å². The van der Waals surface area contributed by atoms with Gasteiger partial charge in [0.15, 0.2) is 0 Å². The van der Waals surface area contributed by atoms with Gasteiger partial charge in [-0.2, -0.15) is 0 Å². The molecule has 2 unspecified atom stereocenters. The number of rotatable bonds is 6. The number of nitrogens with two attached hydrogens (primary N) is 1. The molecule has 0 radical (unpaired) electrons. The second-order valence-corrected chi connectivity index (χ2v) is 5.01. The molecule has 0 aliphatic heterocycles. The number of hydrogen-bond acceptors (Lipinski definition) is 3. The Kier molecular flexibility index (Phi) is 4.40. The van der Waals surface area contributed by atoms with E-state index in [1.807, 2.05) is 24.3 Å². The molecule has 3 nitrogen and oxygen atoms in total. The predicted octanol–water partition coefficient (Wildman–Crippen LogP) is 2.14. The number of halogens is 1. The van der Waals surface area contributed by atoms with Crippen molar-refractivity contribution in [1.29, 1.82) is 0 Å². The van der Waals surface area contributed by atoms with Crippen LogP contribution in [0.4, 0.5) is 0 Å². The first-order valence-electron chi connectivity index (χ1n) is 5.98. The number of benzene rings is 1. The van der Waals surface area contributed by atoms with Crippen molar-refractivity contribution in [2.24, 2.45) is 11.8 Å². The zero-order valence-corrected chi connectivity index (χ0v) is 10.8. The van der Waals surface area contributed by atoms with E-state index in [1.54, 1.807) is 7.11 Å². The molecule has 0 heterocycles. The van der Waals surface area contributed by atoms with Crippen LogP contribution in [0, 0.1) is 5.92 Å². The average molecular weight is 255 g/mol. The maximum absolute atomic E-state index is 6.16. The summed E-state index contributed by atoms with van der Waals surface area (Å²) in [4.78, 5) is 0. The minimum atomic E-state index is 0.118. The van der Waals surface area contributed by atoms with Gasteiger partial charge in [0.2, 0.25) is 0 Å². The highest BCUT2D eigenvalue weighted by Crippen LogP contribution is 2.36. The summed E-state index contributed by atoms with van der Waals surface area (Å²) in [5.74, 6) is 6.28. The molecule has 17 heavy (non-hydrogen) atoms. The van der Waals surface area contributed by atoms with E-state index in [0.29, 0.717) is 5.92 Å². The molecule has 0 aromatic heterocycles. The summed E-state index contributed by atoms with van der Waals surface area (Å²) in [5, 5.41) is 0.790. The molecule has 0 saturated heterocycles. The first kappa shape index (κ1) is 12.8. The van der Waals surface area contributed by atoms with Gasteiger partial charge in [-0.1, -0.05) is 29.8 Å². The summed E-state index contributed by atoms with van der Waals surface area (Å²) in [6.07, 6.45) is 3.44. The third-order valence-corrected chi connectivity index (χ3v) is 3.74. The summed E-state index contributed by atoms with van der Waals surface area (Å²) in [5.41, 5.74) is 3.98. The fourth-order valence-electron chi connectivity index (χ4n) is 2.28. The summed E-state index contributed by atoms with van der Waals surface area (Å²) in [7, 11) is 1.75. The molecule has 4 heteroatoms. The van der Waals surface area contributed by atoms with E-state index in [1.165, 1.54) is 12.8 Å². The molecular weight excluding hydrogens is 236 g/mol. The fraction of sp³-hybridized carbons (Fsp3) is 0.538. The maximum atomic E-state index is 6.16. The number of ether oxygens (including phenoxy) is 1. The second kappa shape index (κ2) is 5.83. The Hall–Kier alpha value is -0.610. The van der Waals surface area contributed by atoms with Gasteiger partial charge < -0.3 is 4.74 Å². The molecule has 0 amide bonds. The van der Waals surface area contributed by atoms with Crippen LogP contribution in [0.2, 0.25) is 5.02 Å². The first-order valence-corrected chi connectivity index (χ1v) is 6.36. The Labute approximate surface area is 107 Å². The Bertz CT molecular complexity index is 368. The van der Waals surface area contributed by atoms with Gasteiger partial charge in [0.1, 0.15) is 0 Å². The Morgan fingerprint density at radius 3 is 2.71 bits per heavy atom. The van der Waals surface area contributed by atoms with Crippen molar-refractivity contribution in [2.45, 2.75) is 31.4 Å². The topological polar surface area (TPSA) is 47.3 Å². The van der Waals surface area contributed by atoms with Crippen LogP contribution in [0.5, 0.6) is 0 Å². The SMILES string of the molecule is COC(C1CC1)C(Cc1ccccc1Cl)NN. The van der Waals surface area contributed by atoms with E-state index < -0.39 is 0 Å². The Morgan fingerprint density at radius 1 is 1.47 bits per heavy atom. The lowest BCUT2D eigenvalue weighted by Gasteiger charge is -2.25. The highest BCUT2D eigenvalue weighted by Gasteiger charge is 2.36. The summed E-state index contributed by atoms with van der Waals surface area (Å²) < 4.78 is 5.55. The van der Waals surface area contributed by atoms with Crippen molar-refractivity contribution in [3.05, 3.63) is 34.9 Å². The van der Waals surface area contributed by atoms with Crippen molar-refractivity contribution in [3.8, 4) is 0 Å². The van der Waals surface area contributed by atoms with Crippen molar-refractivity contribution in [1.82, 2.24) is 5.43 Å². The van der Waals surface area contributed by atoms with Crippen molar-refractivity contribution >= 4 is 11.6 Å². The number of methoxy groups -OCH3 is 1. The third kappa shape index (κ3) is 3.19. The van der Waals surface area contributed by atoms with E-state index in [-0.39, 0.29) is 12.1 Å². The molecule has 2 atom stereocenters. The lowest BCUT2D eigenvalue weighted by molar-refractivity contribution is 0.0511. The molecule has 1 saturated carbocycles. The van der Waals surface area contributed by atoms with Gasteiger partial charge in [-0.25, -0.2) is 0 Å². The van der Waals surface area contributed by atoms with Crippen molar-refractivity contribution in [2.75, 3.05) is 7.11 Å². The average Bonchev–Trinajstić information content (AvgIpc) is 3.15. The predicted molar refractivity (Wildman–Crippen MR) is 69.8 cm³/mol. The second-order valence-electron chi connectivity index (χ2n) is 4.61. The zero-order valence-electron chi connectivity index (χ0n) is 10.0. The van der Waals surface area contributed by atoms with Crippen LogP contribution >= 0.6 is 11.6 Å². The van der Waals surface area contributed by atoms with Crippen LogP contribution in [0.25, 0.3) is 0 Å². The first-order chi connectivity index (χ1) is 8.26. The van der Waals surface area contributed by atoms with Gasteiger partial charge >= 0.3 is 0 Å². The molecule has 2 rings (SSSR count). The molecule has 1 aromatic rings. The van der Waals surface area contributed by atoms with Crippen molar-refractivity contribution < 1.29 is 4.74 Å². The van der Waals surface area contributed by atoms with E-state index in [9.17, 15) is 0 Å². The normalized spacial score (nSPS) is 19.0. The number of nitrogens with one attached hydrogen (secondary N) is 1. The highest BCUT2D eigenvalue weighted by atomic mass is 35.5. The van der Waals surface area contributed by atoms with Gasteiger partial charge in [-0.15, -0.1) is 0 Å².